The van der Waals surface area contributed by atoms with Crippen molar-refractivity contribution in [2.24, 2.45) is 5.92 Å². The van der Waals surface area contributed by atoms with E-state index in [4.69, 9.17) is 4.74 Å². The van der Waals surface area contributed by atoms with Gasteiger partial charge in [0.25, 0.3) is 0 Å². The molecule has 1 N–H and O–H groups in total. The summed E-state index contributed by atoms with van der Waals surface area (Å²) in [7, 11) is 0. The fraction of sp³-hybridized carbons (Fsp3) is 0.538. The van der Waals surface area contributed by atoms with Crippen LogP contribution in [0.25, 0.3) is 0 Å². The molecule has 2 nitrogen and oxygen atoms in total. The Hall–Kier alpha value is -1.09. The highest BCUT2D eigenvalue weighted by molar-refractivity contribution is 5.37. The van der Waals surface area contributed by atoms with Crippen molar-refractivity contribution in [2.45, 2.75) is 37.9 Å². The summed E-state index contributed by atoms with van der Waals surface area (Å²) in [6.07, 6.45) is 3.77. The van der Waals surface area contributed by atoms with Crippen molar-refractivity contribution in [2.75, 3.05) is 0 Å². The number of aliphatic hydroxyl groups is 1. The molecule has 0 radical (unpaired) electrons. The summed E-state index contributed by atoms with van der Waals surface area (Å²) in [5.74, 6) is 0.911. The average molecular weight is 222 g/mol. The minimum Gasteiger partial charge on any atom is -0.490 e. The van der Waals surface area contributed by atoms with Gasteiger partial charge in [-0.1, -0.05) is 6.42 Å². The molecule has 0 spiro atoms. The van der Waals surface area contributed by atoms with Crippen molar-refractivity contribution >= 4 is 0 Å². The molecule has 1 unspecified atom stereocenters. The highest BCUT2D eigenvalue weighted by atomic mass is 19.1. The SMILES string of the molecule is O[C@H]1CC(C2CCC2)Oc2ccc(F)cc21. The first-order valence-corrected chi connectivity index (χ1v) is 5.88. The quantitative estimate of drug-likeness (QED) is 0.791. The van der Waals surface area contributed by atoms with Crippen LogP contribution in [-0.4, -0.2) is 11.2 Å². The molecule has 3 rings (SSSR count). The molecule has 2 aliphatic rings. The Morgan fingerprint density at radius 3 is 2.81 bits per heavy atom. The maximum Gasteiger partial charge on any atom is 0.125 e. The molecule has 86 valence electrons. The van der Waals surface area contributed by atoms with Crippen molar-refractivity contribution in [1.82, 2.24) is 0 Å². The third kappa shape index (κ3) is 1.59. The lowest BCUT2D eigenvalue weighted by Gasteiger charge is -2.38. The van der Waals surface area contributed by atoms with Gasteiger partial charge in [0.2, 0.25) is 0 Å². The number of aliphatic hydroxyl groups excluding tert-OH is 1. The molecule has 1 saturated carbocycles. The van der Waals surface area contributed by atoms with Gasteiger partial charge in [-0.2, -0.15) is 0 Å². The zero-order valence-electron chi connectivity index (χ0n) is 9.03. The zero-order valence-corrected chi connectivity index (χ0v) is 9.03. The maximum atomic E-state index is 13.0. The molecule has 2 atom stereocenters. The van der Waals surface area contributed by atoms with Gasteiger partial charge in [0.15, 0.2) is 0 Å². The molecule has 0 aromatic heterocycles. The number of hydrogen-bond acceptors (Lipinski definition) is 2. The highest BCUT2D eigenvalue weighted by Crippen LogP contribution is 2.42. The van der Waals surface area contributed by atoms with Crippen LogP contribution in [0.4, 0.5) is 4.39 Å². The Kier molecular flexibility index (Phi) is 2.36. The molecule has 0 amide bonds. The minimum atomic E-state index is -0.579. The fourth-order valence-electron chi connectivity index (χ4n) is 2.55. The fourth-order valence-corrected chi connectivity index (χ4v) is 2.55. The first-order valence-electron chi connectivity index (χ1n) is 5.88. The van der Waals surface area contributed by atoms with E-state index in [9.17, 15) is 9.50 Å². The monoisotopic (exact) mass is 222 g/mol. The van der Waals surface area contributed by atoms with Gasteiger partial charge in [-0.25, -0.2) is 4.39 Å². The largest absolute Gasteiger partial charge is 0.490 e. The third-order valence-corrected chi connectivity index (χ3v) is 3.74. The van der Waals surface area contributed by atoms with E-state index in [0.717, 1.165) is 0 Å². The average Bonchev–Trinajstić information content (AvgIpc) is 2.17. The summed E-state index contributed by atoms with van der Waals surface area (Å²) >= 11 is 0. The number of fused-ring (bicyclic) bond motifs is 1. The molecule has 0 bridgehead atoms. The van der Waals surface area contributed by atoms with E-state index in [1.165, 1.54) is 31.4 Å². The van der Waals surface area contributed by atoms with Crippen LogP contribution in [-0.2, 0) is 0 Å². The van der Waals surface area contributed by atoms with Crippen LogP contribution in [0, 0.1) is 11.7 Å². The van der Waals surface area contributed by atoms with E-state index in [1.807, 2.05) is 0 Å². The van der Waals surface area contributed by atoms with Crippen LogP contribution in [0.15, 0.2) is 18.2 Å². The van der Waals surface area contributed by atoms with Crippen molar-refractivity contribution in [3.05, 3.63) is 29.6 Å². The number of benzene rings is 1. The van der Waals surface area contributed by atoms with Crippen LogP contribution in [0.1, 0.15) is 37.4 Å². The Balaban J connectivity index is 1.87. The Morgan fingerprint density at radius 2 is 2.12 bits per heavy atom. The lowest BCUT2D eigenvalue weighted by Crippen LogP contribution is -2.36. The molecule has 3 heteroatoms. The predicted molar refractivity (Wildman–Crippen MR) is 57.7 cm³/mol. The lowest BCUT2D eigenvalue weighted by molar-refractivity contribution is 0.0103. The first kappa shape index (κ1) is 10.1. The van der Waals surface area contributed by atoms with Crippen molar-refractivity contribution in [1.29, 1.82) is 0 Å². The van der Waals surface area contributed by atoms with Crippen molar-refractivity contribution in [3.63, 3.8) is 0 Å². The van der Waals surface area contributed by atoms with Crippen LogP contribution in [0.2, 0.25) is 0 Å². The standard InChI is InChI=1S/C13H15FO2/c14-9-4-5-12-10(6-9)11(15)7-13(16-12)8-2-1-3-8/h4-6,8,11,13,15H,1-3,7H2/t11-,13?/m0/s1. The van der Waals surface area contributed by atoms with Gasteiger partial charge in [0, 0.05) is 12.0 Å². The number of rotatable bonds is 1. The predicted octanol–water partition coefficient (Wildman–Crippen LogP) is 2.81. The molecule has 1 aromatic rings. The second kappa shape index (κ2) is 3.74. The van der Waals surface area contributed by atoms with E-state index in [2.05, 4.69) is 0 Å². The Labute approximate surface area is 94.0 Å². The smallest absolute Gasteiger partial charge is 0.125 e. The molecule has 1 fully saturated rings. The van der Waals surface area contributed by atoms with Crippen LogP contribution < -0.4 is 4.74 Å². The second-order valence-electron chi connectivity index (χ2n) is 4.78. The summed E-state index contributed by atoms with van der Waals surface area (Å²) in [6.45, 7) is 0. The van der Waals surface area contributed by atoms with Crippen LogP contribution in [0.3, 0.4) is 0 Å². The van der Waals surface area contributed by atoms with Gasteiger partial charge in [-0.15, -0.1) is 0 Å². The molecule has 1 aromatic carbocycles. The molecular weight excluding hydrogens is 207 g/mol. The van der Waals surface area contributed by atoms with Crippen LogP contribution >= 0.6 is 0 Å². The summed E-state index contributed by atoms with van der Waals surface area (Å²) in [5, 5.41) is 9.98. The van der Waals surface area contributed by atoms with E-state index in [1.54, 1.807) is 6.07 Å². The van der Waals surface area contributed by atoms with Crippen molar-refractivity contribution in [3.8, 4) is 5.75 Å². The van der Waals surface area contributed by atoms with E-state index in [-0.39, 0.29) is 11.9 Å². The summed E-state index contributed by atoms with van der Waals surface area (Å²) in [5.41, 5.74) is 0.593. The molecule has 16 heavy (non-hydrogen) atoms. The van der Waals surface area contributed by atoms with Gasteiger partial charge in [0.1, 0.15) is 17.7 Å². The number of hydrogen-bond donors (Lipinski definition) is 1. The van der Waals surface area contributed by atoms with E-state index >= 15 is 0 Å². The minimum absolute atomic E-state index is 0.113. The zero-order chi connectivity index (χ0) is 11.1. The molecular formula is C13H15FO2. The van der Waals surface area contributed by atoms with E-state index < -0.39 is 6.10 Å². The molecule has 1 aliphatic heterocycles. The second-order valence-corrected chi connectivity index (χ2v) is 4.78. The van der Waals surface area contributed by atoms with Gasteiger partial charge in [0.05, 0.1) is 6.10 Å². The topological polar surface area (TPSA) is 29.5 Å². The Bertz CT molecular complexity index is 401. The van der Waals surface area contributed by atoms with Crippen molar-refractivity contribution < 1.29 is 14.2 Å². The summed E-state index contributed by atoms with van der Waals surface area (Å²) in [6, 6.07) is 4.38. The lowest BCUT2D eigenvalue weighted by atomic mass is 9.78. The van der Waals surface area contributed by atoms with E-state index in [0.29, 0.717) is 23.7 Å². The maximum absolute atomic E-state index is 13.0. The van der Waals surface area contributed by atoms with Gasteiger partial charge < -0.3 is 9.84 Å². The molecule has 1 heterocycles. The first-order chi connectivity index (χ1) is 7.74. The molecule has 0 saturated heterocycles. The third-order valence-electron chi connectivity index (χ3n) is 3.74. The number of halogens is 1. The Morgan fingerprint density at radius 1 is 1.31 bits per heavy atom. The number of ether oxygens (including phenoxy) is 1. The molecule has 1 aliphatic carbocycles. The highest BCUT2D eigenvalue weighted by Gasteiger charge is 2.35. The van der Waals surface area contributed by atoms with Gasteiger partial charge >= 0.3 is 0 Å². The van der Waals surface area contributed by atoms with Crippen LogP contribution in [0.5, 0.6) is 5.75 Å². The van der Waals surface area contributed by atoms with Gasteiger partial charge in [-0.05, 0) is 37.0 Å². The normalized spacial score (nSPS) is 29.1. The van der Waals surface area contributed by atoms with Gasteiger partial charge in [-0.3, -0.25) is 0 Å². The summed E-state index contributed by atoms with van der Waals surface area (Å²) < 4.78 is 18.9. The summed E-state index contributed by atoms with van der Waals surface area (Å²) in [4.78, 5) is 0.